The Hall–Kier alpha value is -2.46. The van der Waals surface area contributed by atoms with Gasteiger partial charge in [-0.25, -0.2) is 4.98 Å². The van der Waals surface area contributed by atoms with Crippen LogP contribution < -0.4 is 26.2 Å². The average Bonchev–Trinajstić information content (AvgIpc) is 3.30. The first-order chi connectivity index (χ1) is 14.9. The highest BCUT2D eigenvalue weighted by Gasteiger charge is 2.38. The minimum atomic E-state index is -4.48. The molecule has 31 heavy (non-hydrogen) atoms. The van der Waals surface area contributed by atoms with Crippen molar-refractivity contribution in [3.05, 3.63) is 35.0 Å². The van der Waals surface area contributed by atoms with E-state index in [0.717, 1.165) is 56.0 Å². The highest BCUT2D eigenvalue weighted by atomic mass is 35.5. The molecule has 2 aliphatic heterocycles. The molecule has 0 spiro atoms. The van der Waals surface area contributed by atoms with Gasteiger partial charge in [0.05, 0.1) is 17.4 Å². The van der Waals surface area contributed by atoms with Crippen LogP contribution in [0.15, 0.2) is 24.4 Å². The molecule has 1 saturated heterocycles. The standard InChI is InChI=1S/C20H23ClF3N7/c21-12-6-11(20(22,23)24)7-14(8-12)28-19-29-16-10-26-18(27-13-2-1-3-13)30-17(16)31(19)15-4-5-25-9-15/h6-8,10,13,15,19,25,28-29H,1-5,9H2,(H,26,27,30). The Bertz CT molecular complexity index is 960. The summed E-state index contributed by atoms with van der Waals surface area (Å²) in [7, 11) is 0. The van der Waals surface area contributed by atoms with E-state index >= 15 is 0 Å². The van der Waals surface area contributed by atoms with Crippen molar-refractivity contribution in [2.24, 2.45) is 0 Å². The minimum Gasteiger partial charge on any atom is -0.351 e. The molecule has 0 bridgehead atoms. The lowest BCUT2D eigenvalue weighted by molar-refractivity contribution is -0.137. The lowest BCUT2D eigenvalue weighted by atomic mass is 9.93. The van der Waals surface area contributed by atoms with Crippen LogP contribution in [0.25, 0.3) is 0 Å². The van der Waals surface area contributed by atoms with Gasteiger partial charge in [-0.1, -0.05) is 11.6 Å². The Balaban J connectivity index is 1.43. The third kappa shape index (κ3) is 4.18. The predicted molar refractivity (Wildman–Crippen MR) is 115 cm³/mol. The molecule has 2 fully saturated rings. The van der Waals surface area contributed by atoms with Gasteiger partial charge in [0.2, 0.25) is 5.95 Å². The van der Waals surface area contributed by atoms with E-state index in [0.29, 0.717) is 12.0 Å². The Labute approximate surface area is 182 Å². The fourth-order valence-corrected chi connectivity index (χ4v) is 4.41. The van der Waals surface area contributed by atoms with Gasteiger partial charge in [-0.05, 0) is 50.4 Å². The van der Waals surface area contributed by atoms with E-state index in [1.807, 2.05) is 0 Å². The number of alkyl halides is 3. The molecular weight excluding hydrogens is 431 g/mol. The van der Waals surface area contributed by atoms with Gasteiger partial charge in [0.25, 0.3) is 0 Å². The molecule has 5 rings (SSSR count). The minimum absolute atomic E-state index is 0.0219. The summed E-state index contributed by atoms with van der Waals surface area (Å²) in [5.41, 5.74) is 0.224. The van der Waals surface area contributed by atoms with E-state index in [-0.39, 0.29) is 16.8 Å². The number of rotatable bonds is 5. The quantitative estimate of drug-likeness (QED) is 0.543. The first-order valence-electron chi connectivity index (χ1n) is 10.4. The van der Waals surface area contributed by atoms with Crippen molar-refractivity contribution in [2.45, 2.75) is 50.2 Å². The van der Waals surface area contributed by atoms with Gasteiger partial charge in [0, 0.05) is 29.3 Å². The summed E-state index contributed by atoms with van der Waals surface area (Å²) in [5, 5.41) is 13.2. The summed E-state index contributed by atoms with van der Waals surface area (Å²) in [6.07, 6.45) is 1.08. The van der Waals surface area contributed by atoms with E-state index in [1.165, 1.54) is 12.5 Å². The fourth-order valence-electron chi connectivity index (χ4n) is 4.18. The number of nitrogens with one attached hydrogen (secondary N) is 4. The van der Waals surface area contributed by atoms with Gasteiger partial charge >= 0.3 is 6.18 Å². The zero-order chi connectivity index (χ0) is 21.6. The van der Waals surface area contributed by atoms with Crippen LogP contribution in [0.5, 0.6) is 0 Å². The van der Waals surface area contributed by atoms with Gasteiger partial charge in [0.15, 0.2) is 12.1 Å². The number of hydrogen-bond donors (Lipinski definition) is 4. The molecule has 1 aliphatic carbocycles. The molecule has 166 valence electrons. The van der Waals surface area contributed by atoms with Crippen LogP contribution in [0, 0.1) is 0 Å². The molecule has 0 radical (unpaired) electrons. The zero-order valence-electron chi connectivity index (χ0n) is 16.6. The van der Waals surface area contributed by atoms with Crippen molar-refractivity contribution in [3.8, 4) is 0 Å². The normalized spacial score (nSPS) is 23.3. The molecule has 3 heterocycles. The number of halogens is 4. The topological polar surface area (TPSA) is 77.1 Å². The van der Waals surface area contributed by atoms with E-state index in [9.17, 15) is 13.2 Å². The molecule has 11 heteroatoms. The number of aromatic nitrogens is 2. The SMILES string of the molecule is FC(F)(F)c1cc(Cl)cc(NC2Nc3cnc(NC4CCC4)nc3N2C2CCNC2)c1. The number of benzene rings is 1. The summed E-state index contributed by atoms with van der Waals surface area (Å²) >= 11 is 5.97. The number of anilines is 4. The highest BCUT2D eigenvalue weighted by Crippen LogP contribution is 2.38. The van der Waals surface area contributed by atoms with Crippen molar-refractivity contribution in [3.63, 3.8) is 0 Å². The zero-order valence-corrected chi connectivity index (χ0v) is 17.4. The monoisotopic (exact) mass is 453 g/mol. The second-order valence-electron chi connectivity index (χ2n) is 8.17. The van der Waals surface area contributed by atoms with Crippen LogP contribution in [0.3, 0.4) is 0 Å². The summed E-state index contributed by atoms with van der Waals surface area (Å²) in [6.45, 7) is 1.63. The Morgan fingerprint density at radius 1 is 1.13 bits per heavy atom. The predicted octanol–water partition coefficient (Wildman–Crippen LogP) is 4.10. The number of nitrogens with zero attached hydrogens (tertiary/aromatic N) is 3. The molecular formula is C20H23ClF3N7. The molecule has 2 atom stereocenters. The molecule has 7 nitrogen and oxygen atoms in total. The van der Waals surface area contributed by atoms with Crippen LogP contribution >= 0.6 is 11.6 Å². The van der Waals surface area contributed by atoms with Gasteiger partial charge in [-0.15, -0.1) is 0 Å². The van der Waals surface area contributed by atoms with Crippen LogP contribution in [-0.2, 0) is 6.18 Å². The summed E-state index contributed by atoms with van der Waals surface area (Å²) in [6, 6.07) is 4.01. The first kappa shape index (κ1) is 20.4. The molecule has 4 N–H and O–H groups in total. The Kier molecular flexibility index (Phi) is 5.21. The smallest absolute Gasteiger partial charge is 0.351 e. The fraction of sp³-hybridized carbons (Fsp3) is 0.500. The number of fused-ring (bicyclic) bond motifs is 1. The van der Waals surface area contributed by atoms with E-state index in [1.54, 1.807) is 6.20 Å². The largest absolute Gasteiger partial charge is 0.416 e. The van der Waals surface area contributed by atoms with Gasteiger partial charge in [-0.3, -0.25) is 0 Å². The van der Waals surface area contributed by atoms with Crippen LogP contribution in [0.1, 0.15) is 31.2 Å². The van der Waals surface area contributed by atoms with Crippen LogP contribution in [-0.4, -0.2) is 41.4 Å². The molecule has 1 saturated carbocycles. The van der Waals surface area contributed by atoms with Crippen molar-refractivity contribution < 1.29 is 13.2 Å². The van der Waals surface area contributed by atoms with Gasteiger partial charge in [-0.2, -0.15) is 18.2 Å². The number of hydrogen-bond acceptors (Lipinski definition) is 7. The molecule has 1 aromatic heterocycles. The Morgan fingerprint density at radius 3 is 2.65 bits per heavy atom. The van der Waals surface area contributed by atoms with E-state index < -0.39 is 18.0 Å². The second-order valence-corrected chi connectivity index (χ2v) is 8.61. The third-order valence-electron chi connectivity index (χ3n) is 5.98. The van der Waals surface area contributed by atoms with Gasteiger partial charge in [0.1, 0.15) is 0 Å². The van der Waals surface area contributed by atoms with Crippen molar-refractivity contribution >= 4 is 34.7 Å². The first-order valence-corrected chi connectivity index (χ1v) is 10.8. The molecule has 1 aromatic carbocycles. The van der Waals surface area contributed by atoms with Crippen LogP contribution in [0.4, 0.5) is 36.3 Å². The van der Waals surface area contributed by atoms with E-state index in [2.05, 4.69) is 31.2 Å². The van der Waals surface area contributed by atoms with E-state index in [4.69, 9.17) is 16.6 Å². The lowest BCUT2D eigenvalue weighted by Crippen LogP contribution is -2.49. The molecule has 0 amide bonds. The van der Waals surface area contributed by atoms with Crippen molar-refractivity contribution in [1.29, 1.82) is 0 Å². The third-order valence-corrected chi connectivity index (χ3v) is 6.20. The maximum absolute atomic E-state index is 13.2. The molecule has 3 aliphatic rings. The average molecular weight is 454 g/mol. The van der Waals surface area contributed by atoms with Gasteiger partial charge < -0.3 is 26.2 Å². The van der Waals surface area contributed by atoms with Crippen molar-refractivity contribution in [1.82, 2.24) is 15.3 Å². The maximum atomic E-state index is 13.2. The lowest BCUT2D eigenvalue weighted by Gasteiger charge is -2.32. The summed E-state index contributed by atoms with van der Waals surface area (Å²) < 4.78 is 39.7. The van der Waals surface area contributed by atoms with Crippen LogP contribution in [0.2, 0.25) is 5.02 Å². The Morgan fingerprint density at radius 2 is 1.97 bits per heavy atom. The highest BCUT2D eigenvalue weighted by molar-refractivity contribution is 6.31. The summed E-state index contributed by atoms with van der Waals surface area (Å²) in [4.78, 5) is 11.2. The summed E-state index contributed by atoms with van der Waals surface area (Å²) in [5.74, 6) is 1.31. The second kappa shape index (κ2) is 7.90. The maximum Gasteiger partial charge on any atom is 0.416 e. The molecule has 2 unspecified atom stereocenters. The van der Waals surface area contributed by atoms with Crippen molar-refractivity contribution in [2.75, 3.05) is 33.9 Å². The molecule has 2 aromatic rings.